The summed E-state index contributed by atoms with van der Waals surface area (Å²) in [5.74, 6) is -3.68. The number of pyridine rings is 4. The second-order valence-corrected chi connectivity index (χ2v) is 17.7. The molecule has 0 unspecified atom stereocenters. The van der Waals surface area contributed by atoms with Gasteiger partial charge in [-0.3, -0.25) is 19.9 Å². The summed E-state index contributed by atoms with van der Waals surface area (Å²) < 4.78 is 0. The number of rotatable bonds is 0. The third kappa shape index (κ3) is 25.6. The van der Waals surface area contributed by atoms with Crippen LogP contribution in [0.3, 0.4) is 0 Å². The fourth-order valence-corrected chi connectivity index (χ4v) is 6.93. The molecule has 0 N–H and O–H groups in total. The number of aromatic nitrogens is 4. The number of aryl methyl sites for hydroxylation is 4. The Balaban J connectivity index is 0.000000502. The Morgan fingerprint density at radius 3 is 0.614 bits per heavy atom. The molecule has 12 aromatic rings. The van der Waals surface area contributed by atoms with E-state index in [2.05, 4.69) is 19.9 Å². The average molecular weight is 1370 g/mol. The molecule has 460 valence electrons. The third-order valence-electron chi connectivity index (χ3n) is 11.1. The molecule has 0 fully saturated rings. The molecule has 0 aliphatic rings. The minimum absolute atomic E-state index is 0. The summed E-state index contributed by atoms with van der Waals surface area (Å²) in [4.78, 5) is 16.7. The first-order valence-corrected chi connectivity index (χ1v) is 25.5. The van der Waals surface area contributed by atoms with Gasteiger partial charge in [0, 0.05) is 190 Å². The normalized spacial score (nSPS) is 9.32. The van der Waals surface area contributed by atoms with E-state index in [1.54, 1.807) is 97.1 Å². The van der Waals surface area contributed by atoms with E-state index in [-0.39, 0.29) is 91.3 Å². The predicted molar refractivity (Wildman–Crippen MR) is 303 cm³/mol. The minimum Gasteiger partial charge on any atom is -0.871 e. The number of nitrogens with zero attached hydrogens (tertiary/aromatic N) is 4. The number of hydrogen-bond donors (Lipinski definition) is 0. The molecule has 0 bridgehead atoms. The van der Waals surface area contributed by atoms with Crippen LogP contribution in [0.15, 0.2) is 243 Å². The number of benzene rings is 4. The van der Waals surface area contributed by atoms with Gasteiger partial charge < -0.3 is 61.3 Å². The molecule has 4 aromatic heterocycles. The van der Waals surface area contributed by atoms with Crippen molar-refractivity contribution in [3.8, 4) is 69.0 Å². The van der Waals surface area contributed by atoms with Crippen molar-refractivity contribution in [1.29, 1.82) is 0 Å². The molecular formula is C68H52Cu4N4O12. The molecule has 0 amide bonds. The van der Waals surface area contributed by atoms with E-state index < -0.39 is 46.0 Å². The van der Waals surface area contributed by atoms with Crippen LogP contribution in [0, 0.1) is 27.7 Å². The summed E-state index contributed by atoms with van der Waals surface area (Å²) in [5.41, 5.74) is 5.79. The van der Waals surface area contributed by atoms with Gasteiger partial charge in [0.15, 0.2) is 0 Å². The van der Waals surface area contributed by atoms with Crippen LogP contribution in [0.1, 0.15) is 22.8 Å². The molecule has 8 aromatic carbocycles. The first-order chi connectivity index (χ1) is 40.3. The van der Waals surface area contributed by atoms with Crippen molar-refractivity contribution in [2.45, 2.75) is 27.7 Å². The molecule has 20 heteroatoms. The summed E-state index contributed by atoms with van der Waals surface area (Å²) in [6, 6.07) is 65.0. The Morgan fingerprint density at radius 2 is 0.420 bits per heavy atom. The summed E-state index contributed by atoms with van der Waals surface area (Å²) in [6.07, 6.45) is 0. The van der Waals surface area contributed by atoms with Crippen LogP contribution in [0.25, 0.3) is 43.6 Å². The van der Waals surface area contributed by atoms with E-state index in [0.717, 1.165) is 44.3 Å². The summed E-state index contributed by atoms with van der Waals surface area (Å²) >= 11 is 0. The zero-order chi connectivity index (χ0) is 61.0. The maximum Gasteiger partial charge on any atom is 2.00 e. The van der Waals surface area contributed by atoms with Crippen LogP contribution >= 0.6 is 0 Å². The summed E-state index contributed by atoms with van der Waals surface area (Å²) in [5, 5.41) is 133. The van der Waals surface area contributed by atoms with Crippen LogP contribution < -0.4 is 61.3 Å². The molecule has 4 radical (unpaired) electrons. The molecule has 0 spiro atoms. The SMILES string of the molecule is Cc1ccc2cccc([O-])c2n1.Cc1ccc2cccc([O-])c2n1.Cc1ccc2cccc([O-])c2n1.Cc1ccc2cccc([O-])c2n1.[Cu+2].[Cu+2].[Cu+2].[Cu+2].[O-]c1ccccc[c+]1[O-].[O-]c1ccccc[c+]1[O-].[O-]c1ccccc[c+]1[O-].[O-]c1ccccc[c+]1[O-]. The van der Waals surface area contributed by atoms with Gasteiger partial charge in [-0.25, -0.2) is 0 Å². The molecule has 16 nitrogen and oxygen atoms in total. The molecular weight excluding hydrogens is 1320 g/mol. The quantitative estimate of drug-likeness (QED) is 0.110. The van der Waals surface area contributed by atoms with E-state index in [0.29, 0.717) is 22.1 Å². The van der Waals surface area contributed by atoms with E-state index in [9.17, 15) is 61.3 Å². The van der Waals surface area contributed by atoms with Crippen molar-refractivity contribution >= 4 is 43.6 Å². The first kappa shape index (κ1) is 76.6. The molecule has 0 saturated heterocycles. The molecule has 88 heavy (non-hydrogen) atoms. The molecule has 0 aliphatic carbocycles. The zero-order valence-corrected chi connectivity index (χ0v) is 50.8. The van der Waals surface area contributed by atoms with Gasteiger partial charge in [0.25, 0.3) is 0 Å². The largest absolute Gasteiger partial charge is 2.00 e. The van der Waals surface area contributed by atoms with E-state index >= 15 is 0 Å². The topological polar surface area (TPSA) is 328 Å². The van der Waals surface area contributed by atoms with Crippen molar-refractivity contribution in [3.63, 3.8) is 0 Å². The molecule has 4 heterocycles. The molecule has 0 saturated carbocycles. The van der Waals surface area contributed by atoms with Crippen molar-refractivity contribution in [2.24, 2.45) is 0 Å². The standard InChI is InChI=1S/4C10H9NO.4C7H6O2.4Cu/c4*1-7-5-6-8-3-2-4-9(12)10(8)11-7;4*8-6-4-2-1-3-5-7(6)9;;;;/h4*2-6,12H,1H3;4*1-5,8H;;;;/q;;;;;;;;4*+2/p-8. The zero-order valence-electron chi connectivity index (χ0n) is 47.0. The Hall–Kier alpha value is -9.44. The third-order valence-corrected chi connectivity index (χ3v) is 11.1. The van der Waals surface area contributed by atoms with Crippen molar-refractivity contribution in [1.82, 2.24) is 19.9 Å². The van der Waals surface area contributed by atoms with Crippen LogP contribution in [-0.2, 0) is 68.3 Å². The monoisotopic (exact) mass is 1370 g/mol. The number of fused-ring (bicyclic) bond motifs is 4. The smallest absolute Gasteiger partial charge is 0.871 e. The minimum atomic E-state index is -0.458. The number of para-hydroxylation sites is 4. The van der Waals surface area contributed by atoms with Gasteiger partial charge in [0.2, 0.25) is 0 Å². The predicted octanol–water partition coefficient (Wildman–Crippen LogP) is 6.92. The van der Waals surface area contributed by atoms with Gasteiger partial charge in [-0.05, 0) is 73.5 Å². The van der Waals surface area contributed by atoms with E-state index in [1.807, 2.05) is 100 Å². The van der Waals surface area contributed by atoms with Gasteiger partial charge in [0.1, 0.15) is 0 Å². The van der Waals surface area contributed by atoms with Gasteiger partial charge in [-0.2, -0.15) is 0 Å². The van der Waals surface area contributed by atoms with Gasteiger partial charge in [-0.1, -0.05) is 120 Å². The fourth-order valence-electron chi connectivity index (χ4n) is 6.93. The van der Waals surface area contributed by atoms with Crippen LogP contribution in [0.2, 0.25) is 0 Å². The molecule has 0 atom stereocenters. The van der Waals surface area contributed by atoms with E-state index in [1.165, 1.54) is 72.8 Å². The van der Waals surface area contributed by atoms with Crippen molar-refractivity contribution < 1.29 is 130 Å². The summed E-state index contributed by atoms with van der Waals surface area (Å²) in [7, 11) is 0. The van der Waals surface area contributed by atoms with Gasteiger partial charge in [0.05, 0.1) is 22.1 Å². The van der Waals surface area contributed by atoms with Gasteiger partial charge >= 0.3 is 68.3 Å². The average Bonchev–Trinajstić information content (AvgIpc) is 4.09. The van der Waals surface area contributed by atoms with Crippen LogP contribution in [0.5, 0.6) is 69.0 Å². The van der Waals surface area contributed by atoms with Crippen molar-refractivity contribution in [3.05, 3.63) is 265 Å². The van der Waals surface area contributed by atoms with Crippen LogP contribution in [-0.4, -0.2) is 19.9 Å². The van der Waals surface area contributed by atoms with Gasteiger partial charge in [-0.15, -0.1) is 0 Å². The van der Waals surface area contributed by atoms with Crippen LogP contribution in [0.4, 0.5) is 0 Å². The van der Waals surface area contributed by atoms with E-state index in [4.69, 9.17) is 0 Å². The maximum absolute atomic E-state index is 11.3. The Labute approximate surface area is 551 Å². The second-order valence-electron chi connectivity index (χ2n) is 17.7. The maximum atomic E-state index is 11.3. The van der Waals surface area contributed by atoms with Crippen molar-refractivity contribution in [2.75, 3.05) is 0 Å². The number of hydrogen-bond acceptors (Lipinski definition) is 16. The fraction of sp³-hybridized carbons (Fsp3) is 0.0588. The first-order valence-electron chi connectivity index (χ1n) is 25.5. The summed E-state index contributed by atoms with van der Waals surface area (Å²) in [6.45, 7) is 7.52. The Kier molecular flexibility index (Phi) is 34.8. The second kappa shape index (κ2) is 40.0. The molecule has 0 aliphatic heterocycles. The Morgan fingerprint density at radius 1 is 0.227 bits per heavy atom. The molecule has 12 rings (SSSR count). The Bertz CT molecular complexity index is 3520.